The van der Waals surface area contributed by atoms with Crippen LogP contribution in [0.1, 0.15) is 23.0 Å². The number of carbonyl (C=O) groups is 3. The molecule has 2 aromatic heterocycles. The first-order valence-electron chi connectivity index (χ1n) is 7.12. The summed E-state index contributed by atoms with van der Waals surface area (Å²) in [6.45, 7) is 2.19. The number of carboxylic acid groups (broad SMARTS) is 1. The number of nitrogens with one attached hydrogen (secondary N) is 2. The molecule has 0 saturated carbocycles. The highest BCUT2D eigenvalue weighted by atomic mass is 16.3. The summed E-state index contributed by atoms with van der Waals surface area (Å²) in [4.78, 5) is 36.3. The van der Waals surface area contributed by atoms with Crippen LogP contribution in [-0.2, 0) is 22.6 Å². The second-order valence-electron chi connectivity index (χ2n) is 4.45. The fourth-order valence-corrected chi connectivity index (χ4v) is 1.90. The van der Waals surface area contributed by atoms with Crippen molar-refractivity contribution in [1.29, 1.82) is 0 Å². The third-order valence-corrected chi connectivity index (χ3v) is 2.94. The van der Waals surface area contributed by atoms with Crippen LogP contribution in [0.3, 0.4) is 0 Å². The molecule has 2 aromatic rings. The fraction of sp³-hybridized carbons (Fsp3) is 0.267. The van der Waals surface area contributed by atoms with Gasteiger partial charge in [0.15, 0.2) is 0 Å². The van der Waals surface area contributed by atoms with Gasteiger partial charge in [-0.25, -0.2) is 4.68 Å². The number of aromatic nitrogens is 3. The van der Waals surface area contributed by atoms with Crippen LogP contribution in [0.2, 0.25) is 0 Å². The Morgan fingerprint density at radius 1 is 1.38 bits per heavy atom. The molecule has 0 bridgehead atoms. The van der Waals surface area contributed by atoms with Crippen molar-refractivity contribution in [1.82, 2.24) is 20.1 Å². The third kappa shape index (κ3) is 5.20. The molecule has 0 radical (unpaired) electrons. The van der Waals surface area contributed by atoms with Crippen LogP contribution < -0.4 is 10.6 Å². The first-order chi connectivity index (χ1) is 11.6. The molecular formula is C15H19N5O4. The number of amides is 2. The zero-order chi connectivity index (χ0) is 17.9. The Bertz CT molecular complexity index is 684. The molecule has 0 spiro atoms. The van der Waals surface area contributed by atoms with Crippen LogP contribution >= 0.6 is 0 Å². The third-order valence-electron chi connectivity index (χ3n) is 2.94. The van der Waals surface area contributed by atoms with Crippen LogP contribution in [-0.4, -0.2) is 45.2 Å². The van der Waals surface area contributed by atoms with E-state index >= 15 is 0 Å². The van der Waals surface area contributed by atoms with Crippen molar-refractivity contribution in [3.05, 3.63) is 41.9 Å². The van der Waals surface area contributed by atoms with Gasteiger partial charge in [-0.2, -0.15) is 5.10 Å². The number of aryl methyl sites for hydroxylation is 1. The molecule has 0 atom stereocenters. The predicted molar refractivity (Wildman–Crippen MR) is 86.6 cm³/mol. The van der Waals surface area contributed by atoms with Crippen molar-refractivity contribution in [2.75, 3.05) is 12.4 Å². The predicted octanol–water partition coefficient (Wildman–Crippen LogP) is 0.540. The average Bonchev–Trinajstić information content (AvgIpc) is 2.98. The molecule has 2 rings (SSSR count). The maximum absolute atomic E-state index is 12.1. The van der Waals surface area contributed by atoms with Crippen LogP contribution in [0.5, 0.6) is 0 Å². The van der Waals surface area contributed by atoms with E-state index in [4.69, 9.17) is 9.90 Å². The first kappa shape index (κ1) is 18.8. The van der Waals surface area contributed by atoms with Crippen molar-refractivity contribution < 1.29 is 19.5 Å². The van der Waals surface area contributed by atoms with Crippen molar-refractivity contribution in [2.24, 2.45) is 0 Å². The Morgan fingerprint density at radius 2 is 2.08 bits per heavy atom. The number of carbonyl (C=O) groups excluding carboxylic acids is 2. The van der Waals surface area contributed by atoms with E-state index in [1.54, 1.807) is 23.0 Å². The molecule has 24 heavy (non-hydrogen) atoms. The lowest BCUT2D eigenvalue weighted by molar-refractivity contribution is -0.123. The Balaban J connectivity index is 0.000000891. The standard InChI is InChI=1S/C14H17N5O2.CH2O2/c1-3-19-13(11(9-17-19)14(21)15-2)18-12(20)8-10-6-4-5-7-16-10;2-1-3/h4-7,9H,3,8H2,1-2H3,(H,15,21)(H,18,20);1H,(H,2,3). The molecule has 0 unspecified atom stereocenters. The van der Waals surface area contributed by atoms with Gasteiger partial charge in [-0.3, -0.25) is 19.4 Å². The van der Waals surface area contributed by atoms with Gasteiger partial charge in [-0.1, -0.05) is 6.07 Å². The highest BCUT2D eigenvalue weighted by molar-refractivity contribution is 6.02. The molecule has 2 heterocycles. The van der Waals surface area contributed by atoms with E-state index in [2.05, 4.69) is 20.7 Å². The second kappa shape index (κ2) is 9.72. The van der Waals surface area contributed by atoms with E-state index in [-0.39, 0.29) is 24.7 Å². The average molecular weight is 333 g/mol. The lowest BCUT2D eigenvalue weighted by Crippen LogP contribution is -2.23. The largest absolute Gasteiger partial charge is 0.483 e. The lowest BCUT2D eigenvalue weighted by Gasteiger charge is -2.09. The van der Waals surface area contributed by atoms with Crippen LogP contribution in [0.4, 0.5) is 5.82 Å². The van der Waals surface area contributed by atoms with E-state index in [1.165, 1.54) is 13.2 Å². The highest BCUT2D eigenvalue weighted by Gasteiger charge is 2.18. The molecule has 3 N–H and O–H groups in total. The zero-order valence-corrected chi connectivity index (χ0v) is 13.4. The van der Waals surface area contributed by atoms with E-state index in [1.807, 2.05) is 13.0 Å². The molecule has 9 heteroatoms. The van der Waals surface area contributed by atoms with E-state index in [0.29, 0.717) is 23.6 Å². The number of nitrogens with zero attached hydrogens (tertiary/aromatic N) is 3. The van der Waals surface area contributed by atoms with Gasteiger partial charge in [0.25, 0.3) is 12.4 Å². The summed E-state index contributed by atoms with van der Waals surface area (Å²) < 4.78 is 1.57. The maximum Gasteiger partial charge on any atom is 0.290 e. The lowest BCUT2D eigenvalue weighted by atomic mass is 10.2. The Hall–Kier alpha value is -3.23. The minimum Gasteiger partial charge on any atom is -0.483 e. The Kier molecular flexibility index (Phi) is 7.62. The van der Waals surface area contributed by atoms with Gasteiger partial charge < -0.3 is 15.7 Å². The molecule has 0 aliphatic heterocycles. The maximum atomic E-state index is 12.1. The zero-order valence-electron chi connectivity index (χ0n) is 13.4. The number of rotatable bonds is 5. The molecule has 0 fully saturated rings. The van der Waals surface area contributed by atoms with Gasteiger partial charge in [0, 0.05) is 25.5 Å². The normalized spacial score (nSPS) is 9.42. The summed E-state index contributed by atoms with van der Waals surface area (Å²) in [5, 5.41) is 16.2. The van der Waals surface area contributed by atoms with Crippen molar-refractivity contribution in [2.45, 2.75) is 19.9 Å². The summed E-state index contributed by atoms with van der Waals surface area (Å²) in [6.07, 6.45) is 3.22. The van der Waals surface area contributed by atoms with Crippen molar-refractivity contribution >= 4 is 24.1 Å². The Morgan fingerprint density at radius 3 is 2.62 bits per heavy atom. The number of anilines is 1. The molecular weight excluding hydrogens is 314 g/mol. The quantitative estimate of drug-likeness (QED) is 0.686. The van der Waals surface area contributed by atoms with Crippen molar-refractivity contribution in [3.8, 4) is 0 Å². The number of pyridine rings is 1. The van der Waals surface area contributed by atoms with E-state index < -0.39 is 0 Å². The molecule has 9 nitrogen and oxygen atoms in total. The SMILES string of the molecule is CCn1ncc(C(=O)NC)c1NC(=O)Cc1ccccn1.O=CO. The molecule has 0 aliphatic carbocycles. The summed E-state index contributed by atoms with van der Waals surface area (Å²) in [7, 11) is 1.53. The molecule has 0 aliphatic rings. The smallest absolute Gasteiger partial charge is 0.290 e. The van der Waals surface area contributed by atoms with Gasteiger partial charge in [0.05, 0.1) is 12.6 Å². The number of hydrogen-bond donors (Lipinski definition) is 3. The second-order valence-corrected chi connectivity index (χ2v) is 4.45. The van der Waals surface area contributed by atoms with Gasteiger partial charge >= 0.3 is 0 Å². The summed E-state index contributed by atoms with van der Waals surface area (Å²) in [6, 6.07) is 5.38. The van der Waals surface area contributed by atoms with E-state index in [9.17, 15) is 9.59 Å². The minimum atomic E-state index is -0.289. The summed E-state index contributed by atoms with van der Waals surface area (Å²) >= 11 is 0. The number of hydrogen-bond acceptors (Lipinski definition) is 5. The van der Waals surface area contributed by atoms with Gasteiger partial charge in [-0.05, 0) is 19.1 Å². The van der Waals surface area contributed by atoms with Crippen molar-refractivity contribution in [3.63, 3.8) is 0 Å². The van der Waals surface area contributed by atoms with E-state index in [0.717, 1.165) is 0 Å². The molecule has 128 valence electrons. The van der Waals surface area contributed by atoms with Crippen LogP contribution in [0, 0.1) is 0 Å². The fourth-order valence-electron chi connectivity index (χ4n) is 1.90. The first-order valence-corrected chi connectivity index (χ1v) is 7.12. The van der Waals surface area contributed by atoms with Crippen LogP contribution in [0.15, 0.2) is 30.6 Å². The topological polar surface area (TPSA) is 126 Å². The molecule has 0 aromatic carbocycles. The molecule has 2 amide bonds. The highest BCUT2D eigenvalue weighted by Crippen LogP contribution is 2.15. The summed E-state index contributed by atoms with van der Waals surface area (Å²) in [5.74, 6) is -0.130. The minimum absolute atomic E-state index is 0.142. The van der Waals surface area contributed by atoms with Gasteiger partial charge in [0.1, 0.15) is 11.4 Å². The summed E-state index contributed by atoms with van der Waals surface area (Å²) in [5.41, 5.74) is 1.01. The molecule has 0 saturated heterocycles. The van der Waals surface area contributed by atoms with Gasteiger partial charge in [-0.15, -0.1) is 0 Å². The Labute approximate surface area is 138 Å². The van der Waals surface area contributed by atoms with Crippen LogP contribution in [0.25, 0.3) is 0 Å². The monoisotopic (exact) mass is 333 g/mol. The van der Waals surface area contributed by atoms with Gasteiger partial charge in [0.2, 0.25) is 5.91 Å².